The molecule has 0 saturated heterocycles. The number of hydrogen-bond donors (Lipinski definition) is 1. The maximum Gasteiger partial charge on any atom is 0.307 e. The van der Waals surface area contributed by atoms with E-state index < -0.39 is 23.2 Å². The molecule has 100 valence electrons. The monoisotopic (exact) mass is 284 g/mol. The molecule has 0 bridgehead atoms. The lowest BCUT2D eigenvalue weighted by molar-refractivity contribution is 0.102. The molecule has 0 fully saturated rings. The van der Waals surface area contributed by atoms with E-state index in [0.717, 1.165) is 23.5 Å². The molecule has 1 heterocycles. The van der Waals surface area contributed by atoms with Crippen LogP contribution in [-0.2, 0) is 7.05 Å². The first-order valence-electron chi connectivity index (χ1n) is 5.33. The Morgan fingerprint density at radius 3 is 2.37 bits per heavy atom. The summed E-state index contributed by atoms with van der Waals surface area (Å²) in [7, 11) is 1.52. The van der Waals surface area contributed by atoms with Gasteiger partial charge < -0.3 is 9.88 Å². The van der Waals surface area contributed by atoms with Gasteiger partial charge in [-0.25, -0.2) is 8.78 Å². The molecule has 0 spiro atoms. The Balaban J connectivity index is 2.36. The maximum atomic E-state index is 13.4. The van der Waals surface area contributed by atoms with Crippen molar-refractivity contribution in [1.29, 1.82) is 0 Å². The number of rotatable bonds is 2. The molecule has 0 unspecified atom stereocenters. The van der Waals surface area contributed by atoms with Gasteiger partial charge in [0.2, 0.25) is 0 Å². The van der Waals surface area contributed by atoms with Gasteiger partial charge in [-0.05, 0) is 19.1 Å². The molecule has 1 aromatic carbocycles. The summed E-state index contributed by atoms with van der Waals surface area (Å²) in [6.45, 7) is 1.59. The van der Waals surface area contributed by atoms with Crippen molar-refractivity contribution in [2.24, 2.45) is 7.05 Å². The predicted molar refractivity (Wildman–Crippen MR) is 68.6 cm³/mol. The standard InChI is InChI=1S/C12H10F2N2O2S/c1-6-10(19-12(18)16(6)2)11(17)15-9-7(13)4-3-5-8(9)14/h3-5H,1-2H3,(H,15,17). The highest BCUT2D eigenvalue weighted by atomic mass is 32.1. The summed E-state index contributed by atoms with van der Waals surface area (Å²) >= 11 is 0.731. The zero-order valence-corrected chi connectivity index (χ0v) is 11.0. The average molecular weight is 284 g/mol. The van der Waals surface area contributed by atoms with Gasteiger partial charge in [0.1, 0.15) is 22.2 Å². The number of nitrogens with one attached hydrogen (secondary N) is 1. The van der Waals surface area contributed by atoms with Gasteiger partial charge in [0.15, 0.2) is 0 Å². The van der Waals surface area contributed by atoms with E-state index >= 15 is 0 Å². The molecular weight excluding hydrogens is 274 g/mol. The Morgan fingerprint density at radius 1 is 1.32 bits per heavy atom. The van der Waals surface area contributed by atoms with Crippen LogP contribution in [0.3, 0.4) is 0 Å². The number of halogens is 2. The number of para-hydroxylation sites is 1. The molecule has 4 nitrogen and oxygen atoms in total. The van der Waals surface area contributed by atoms with Crippen LogP contribution in [0.1, 0.15) is 15.4 Å². The molecule has 19 heavy (non-hydrogen) atoms. The van der Waals surface area contributed by atoms with Crippen LogP contribution in [0, 0.1) is 18.6 Å². The number of benzene rings is 1. The summed E-state index contributed by atoms with van der Waals surface area (Å²) in [5, 5.41) is 2.15. The van der Waals surface area contributed by atoms with E-state index in [2.05, 4.69) is 5.32 Å². The normalized spacial score (nSPS) is 10.5. The predicted octanol–water partition coefficient (Wildman–Crippen LogP) is 2.29. The average Bonchev–Trinajstić information content (AvgIpc) is 2.62. The molecule has 1 aromatic heterocycles. The molecule has 0 aliphatic rings. The topological polar surface area (TPSA) is 51.1 Å². The van der Waals surface area contributed by atoms with E-state index in [9.17, 15) is 18.4 Å². The molecule has 0 saturated carbocycles. The van der Waals surface area contributed by atoms with E-state index in [-0.39, 0.29) is 9.75 Å². The molecule has 0 atom stereocenters. The Morgan fingerprint density at radius 2 is 1.89 bits per heavy atom. The number of nitrogens with zero attached hydrogens (tertiary/aromatic N) is 1. The van der Waals surface area contributed by atoms with Crippen molar-refractivity contribution in [2.75, 3.05) is 5.32 Å². The van der Waals surface area contributed by atoms with Gasteiger partial charge in [-0.15, -0.1) is 0 Å². The summed E-state index contributed by atoms with van der Waals surface area (Å²) < 4.78 is 28.1. The summed E-state index contributed by atoms with van der Waals surface area (Å²) in [6.07, 6.45) is 0. The van der Waals surface area contributed by atoms with E-state index in [1.54, 1.807) is 6.92 Å². The second kappa shape index (κ2) is 4.93. The lowest BCUT2D eigenvalue weighted by Gasteiger charge is -2.06. The zero-order chi connectivity index (χ0) is 14.2. The summed E-state index contributed by atoms with van der Waals surface area (Å²) in [5.74, 6) is -2.44. The fourth-order valence-corrected chi connectivity index (χ4v) is 2.39. The van der Waals surface area contributed by atoms with Crippen molar-refractivity contribution in [3.63, 3.8) is 0 Å². The van der Waals surface area contributed by atoms with Crippen molar-refractivity contribution in [3.8, 4) is 0 Å². The molecule has 2 rings (SSSR count). The number of amides is 1. The van der Waals surface area contributed by atoms with Gasteiger partial charge in [-0.3, -0.25) is 9.59 Å². The highest BCUT2D eigenvalue weighted by Gasteiger charge is 2.18. The fraction of sp³-hybridized carbons (Fsp3) is 0.167. The minimum atomic E-state index is -0.866. The Kier molecular flexibility index (Phi) is 3.48. The van der Waals surface area contributed by atoms with Gasteiger partial charge in [0.05, 0.1) is 0 Å². The SMILES string of the molecule is Cc1c(C(=O)Nc2c(F)cccc2F)sc(=O)n1C. The van der Waals surface area contributed by atoms with E-state index in [4.69, 9.17) is 0 Å². The van der Waals surface area contributed by atoms with E-state index in [1.165, 1.54) is 17.7 Å². The molecule has 1 N–H and O–H groups in total. The van der Waals surface area contributed by atoms with Crippen molar-refractivity contribution >= 4 is 22.9 Å². The maximum absolute atomic E-state index is 13.4. The van der Waals surface area contributed by atoms with Crippen LogP contribution in [0.15, 0.2) is 23.0 Å². The minimum absolute atomic E-state index is 0.134. The Bertz CT molecular complexity index is 686. The number of carbonyl (C=O) groups excluding carboxylic acids is 1. The van der Waals surface area contributed by atoms with Crippen LogP contribution in [-0.4, -0.2) is 10.5 Å². The Hall–Kier alpha value is -2.02. The number of thiazole rings is 1. The first-order valence-corrected chi connectivity index (χ1v) is 6.15. The van der Waals surface area contributed by atoms with Crippen LogP contribution in [0.5, 0.6) is 0 Å². The van der Waals surface area contributed by atoms with Crippen molar-refractivity contribution in [1.82, 2.24) is 4.57 Å². The number of carbonyl (C=O) groups is 1. The summed E-state index contributed by atoms with van der Waals surface area (Å²) in [4.78, 5) is 23.1. The van der Waals surface area contributed by atoms with Crippen LogP contribution >= 0.6 is 11.3 Å². The fourth-order valence-electron chi connectivity index (χ4n) is 1.52. The Labute approximate surface area is 111 Å². The van der Waals surface area contributed by atoms with Crippen LogP contribution in [0.4, 0.5) is 14.5 Å². The van der Waals surface area contributed by atoms with Crippen LogP contribution in [0.2, 0.25) is 0 Å². The first kappa shape index (κ1) is 13.4. The first-order chi connectivity index (χ1) is 8.91. The molecule has 7 heteroatoms. The lowest BCUT2D eigenvalue weighted by Crippen LogP contribution is -2.14. The van der Waals surface area contributed by atoms with Gasteiger partial charge in [-0.2, -0.15) is 0 Å². The third kappa shape index (κ3) is 2.41. The third-order valence-corrected chi connectivity index (χ3v) is 3.84. The van der Waals surface area contributed by atoms with Gasteiger partial charge in [-0.1, -0.05) is 17.4 Å². The zero-order valence-electron chi connectivity index (χ0n) is 10.2. The number of hydrogen-bond acceptors (Lipinski definition) is 3. The largest absolute Gasteiger partial charge is 0.316 e. The molecule has 0 radical (unpaired) electrons. The van der Waals surface area contributed by atoms with Crippen LogP contribution < -0.4 is 10.2 Å². The molecule has 0 aliphatic heterocycles. The van der Waals surface area contributed by atoms with Crippen LogP contribution in [0.25, 0.3) is 0 Å². The number of aromatic nitrogens is 1. The van der Waals surface area contributed by atoms with Gasteiger partial charge in [0, 0.05) is 12.7 Å². The van der Waals surface area contributed by atoms with E-state index in [0.29, 0.717) is 5.69 Å². The van der Waals surface area contributed by atoms with Crippen molar-refractivity contribution in [3.05, 3.63) is 50.1 Å². The molecule has 1 amide bonds. The number of anilines is 1. The third-order valence-electron chi connectivity index (χ3n) is 2.70. The smallest absolute Gasteiger partial charge is 0.307 e. The van der Waals surface area contributed by atoms with Gasteiger partial charge in [0.25, 0.3) is 5.91 Å². The molecular formula is C12H10F2N2O2S. The second-order valence-electron chi connectivity index (χ2n) is 3.89. The van der Waals surface area contributed by atoms with Crippen molar-refractivity contribution < 1.29 is 13.6 Å². The second-order valence-corrected chi connectivity index (χ2v) is 4.85. The highest BCUT2D eigenvalue weighted by Crippen LogP contribution is 2.20. The lowest BCUT2D eigenvalue weighted by atomic mass is 10.2. The highest BCUT2D eigenvalue weighted by molar-refractivity contribution is 7.11. The quantitative estimate of drug-likeness (QED) is 0.920. The summed E-state index contributed by atoms with van der Waals surface area (Å²) in [5.41, 5.74) is -0.0698. The molecule has 2 aromatic rings. The summed E-state index contributed by atoms with van der Waals surface area (Å²) in [6, 6.07) is 3.28. The molecule has 0 aliphatic carbocycles. The minimum Gasteiger partial charge on any atom is -0.316 e. The van der Waals surface area contributed by atoms with Gasteiger partial charge >= 0.3 is 4.87 Å². The van der Waals surface area contributed by atoms with E-state index in [1.807, 2.05) is 0 Å². The van der Waals surface area contributed by atoms with Crippen molar-refractivity contribution in [2.45, 2.75) is 6.92 Å².